The van der Waals surface area contributed by atoms with E-state index in [1.165, 1.54) is 10.9 Å². The minimum Gasteiger partial charge on any atom is -0.361 e. The smallest absolute Gasteiger partial charge is 0.220 e. The van der Waals surface area contributed by atoms with E-state index < -0.39 is 0 Å². The van der Waals surface area contributed by atoms with Crippen molar-refractivity contribution in [2.45, 2.75) is 12.8 Å². The van der Waals surface area contributed by atoms with Gasteiger partial charge in [-0.3, -0.25) is 4.79 Å². The number of H-pyrrole nitrogens is 1. The van der Waals surface area contributed by atoms with Crippen LogP contribution in [0.3, 0.4) is 0 Å². The van der Waals surface area contributed by atoms with E-state index in [0.717, 1.165) is 17.7 Å². The molecule has 2 aromatic rings. The quantitative estimate of drug-likeness (QED) is 0.840. The Morgan fingerprint density at radius 2 is 2.22 bits per heavy atom. The summed E-state index contributed by atoms with van der Waals surface area (Å²) in [6.07, 6.45) is 5.52. The van der Waals surface area contributed by atoms with E-state index in [-0.39, 0.29) is 5.91 Å². The summed E-state index contributed by atoms with van der Waals surface area (Å²) in [6.45, 7) is 0.703. The second-order valence-corrected chi connectivity index (χ2v) is 5.19. The molecule has 0 spiro atoms. The Hall–Kier alpha value is -1.42. The Morgan fingerprint density at radius 3 is 3.06 bits per heavy atom. The van der Waals surface area contributed by atoms with Crippen molar-refractivity contribution < 1.29 is 4.79 Å². The zero-order valence-corrected chi connectivity index (χ0v) is 11.3. The molecule has 0 saturated carbocycles. The summed E-state index contributed by atoms with van der Waals surface area (Å²) >= 11 is 1.70. The predicted molar refractivity (Wildman–Crippen MR) is 78.0 cm³/mol. The third-order valence-electron chi connectivity index (χ3n) is 2.92. The van der Waals surface area contributed by atoms with E-state index in [9.17, 15) is 4.79 Å². The Kier molecular flexibility index (Phi) is 4.70. The number of para-hydroxylation sites is 1. The highest BCUT2D eigenvalue weighted by atomic mass is 32.2. The normalized spacial score (nSPS) is 10.7. The van der Waals surface area contributed by atoms with Crippen molar-refractivity contribution >= 4 is 28.6 Å². The second-order valence-electron chi connectivity index (χ2n) is 4.20. The van der Waals surface area contributed by atoms with Crippen LogP contribution >= 0.6 is 11.8 Å². The zero-order chi connectivity index (χ0) is 12.8. The highest BCUT2D eigenvalue weighted by Crippen LogP contribution is 2.17. The lowest BCUT2D eigenvalue weighted by Crippen LogP contribution is -2.25. The maximum Gasteiger partial charge on any atom is 0.220 e. The molecule has 96 valence electrons. The van der Waals surface area contributed by atoms with E-state index in [0.29, 0.717) is 13.0 Å². The molecule has 1 amide bonds. The molecular formula is C14H18N2OS. The summed E-state index contributed by atoms with van der Waals surface area (Å²) in [7, 11) is 0. The van der Waals surface area contributed by atoms with Crippen LogP contribution in [0, 0.1) is 0 Å². The molecule has 0 unspecified atom stereocenters. The van der Waals surface area contributed by atoms with Crippen LogP contribution < -0.4 is 5.32 Å². The van der Waals surface area contributed by atoms with E-state index in [2.05, 4.69) is 22.4 Å². The number of carbonyl (C=O) groups is 1. The molecular weight excluding hydrogens is 244 g/mol. The van der Waals surface area contributed by atoms with Crippen molar-refractivity contribution in [3.8, 4) is 0 Å². The van der Waals surface area contributed by atoms with Gasteiger partial charge < -0.3 is 10.3 Å². The van der Waals surface area contributed by atoms with Gasteiger partial charge in [-0.2, -0.15) is 11.8 Å². The number of amides is 1. The zero-order valence-electron chi connectivity index (χ0n) is 10.5. The minimum atomic E-state index is 0.143. The number of hydrogen-bond donors (Lipinski definition) is 2. The summed E-state index contributed by atoms with van der Waals surface area (Å²) in [6, 6.07) is 8.23. The first-order valence-electron chi connectivity index (χ1n) is 6.12. The number of thioether (sulfide) groups is 1. The van der Waals surface area contributed by atoms with Crippen LogP contribution in [0.5, 0.6) is 0 Å². The van der Waals surface area contributed by atoms with Gasteiger partial charge in [0.15, 0.2) is 0 Å². The van der Waals surface area contributed by atoms with Gasteiger partial charge in [-0.15, -0.1) is 0 Å². The number of benzene rings is 1. The fraction of sp³-hybridized carbons (Fsp3) is 0.357. The average Bonchev–Trinajstić information content (AvgIpc) is 2.80. The second kappa shape index (κ2) is 6.50. The molecule has 0 aliphatic rings. The highest BCUT2D eigenvalue weighted by Gasteiger charge is 2.04. The van der Waals surface area contributed by atoms with Gasteiger partial charge in [0.1, 0.15) is 0 Å². The van der Waals surface area contributed by atoms with Gasteiger partial charge >= 0.3 is 0 Å². The summed E-state index contributed by atoms with van der Waals surface area (Å²) in [5.41, 5.74) is 2.41. The van der Waals surface area contributed by atoms with Gasteiger partial charge in [0.05, 0.1) is 0 Å². The van der Waals surface area contributed by atoms with Gasteiger partial charge in [0.2, 0.25) is 5.91 Å². The lowest BCUT2D eigenvalue weighted by Gasteiger charge is -2.03. The highest BCUT2D eigenvalue weighted by molar-refractivity contribution is 7.98. The van der Waals surface area contributed by atoms with Crippen LogP contribution in [0.2, 0.25) is 0 Å². The average molecular weight is 262 g/mol. The molecule has 0 radical (unpaired) electrons. The third-order valence-corrected chi connectivity index (χ3v) is 3.54. The van der Waals surface area contributed by atoms with Gasteiger partial charge in [-0.1, -0.05) is 18.2 Å². The number of nitrogens with one attached hydrogen (secondary N) is 2. The number of fused-ring (bicyclic) bond motifs is 1. The molecule has 2 N–H and O–H groups in total. The van der Waals surface area contributed by atoms with E-state index in [4.69, 9.17) is 0 Å². The minimum absolute atomic E-state index is 0.143. The van der Waals surface area contributed by atoms with Crippen molar-refractivity contribution in [1.29, 1.82) is 0 Å². The predicted octanol–water partition coefficient (Wildman–Crippen LogP) is 2.58. The molecule has 1 aromatic carbocycles. The maximum atomic E-state index is 11.5. The lowest BCUT2D eigenvalue weighted by molar-refractivity contribution is -0.120. The van der Waals surface area contributed by atoms with Crippen LogP contribution in [0.15, 0.2) is 30.5 Å². The summed E-state index contributed by atoms with van der Waals surface area (Å²) < 4.78 is 0. The van der Waals surface area contributed by atoms with Crippen molar-refractivity contribution in [2.24, 2.45) is 0 Å². The number of aromatic nitrogens is 1. The van der Waals surface area contributed by atoms with E-state index in [1.807, 2.05) is 24.6 Å². The first kappa shape index (κ1) is 13.0. The van der Waals surface area contributed by atoms with Gasteiger partial charge in [0, 0.05) is 35.8 Å². The molecule has 1 aromatic heterocycles. The fourth-order valence-electron chi connectivity index (χ4n) is 1.96. The van der Waals surface area contributed by atoms with Crippen molar-refractivity contribution in [1.82, 2.24) is 10.3 Å². The monoisotopic (exact) mass is 262 g/mol. The molecule has 0 atom stereocenters. The molecule has 1 heterocycles. The molecule has 0 saturated heterocycles. The Labute approximate surface area is 111 Å². The standard InChI is InChI=1S/C14H18N2OS/c1-18-9-7-14(17)15-8-6-11-10-16-13-5-3-2-4-12(11)13/h2-5,10,16H,6-9H2,1H3,(H,15,17). The van der Waals surface area contributed by atoms with Crippen LogP contribution in [-0.2, 0) is 11.2 Å². The molecule has 2 rings (SSSR count). The SMILES string of the molecule is CSCCC(=O)NCCc1c[nH]c2ccccc12. The first-order chi connectivity index (χ1) is 8.81. The Bertz CT molecular complexity index is 521. The number of rotatable bonds is 6. The topological polar surface area (TPSA) is 44.9 Å². The van der Waals surface area contributed by atoms with Gasteiger partial charge in [-0.05, 0) is 24.3 Å². The molecule has 3 nitrogen and oxygen atoms in total. The van der Waals surface area contributed by atoms with Crippen LogP contribution in [0.1, 0.15) is 12.0 Å². The van der Waals surface area contributed by atoms with Crippen molar-refractivity contribution in [2.75, 3.05) is 18.6 Å². The van der Waals surface area contributed by atoms with Crippen LogP contribution in [-0.4, -0.2) is 29.4 Å². The van der Waals surface area contributed by atoms with Crippen molar-refractivity contribution in [3.63, 3.8) is 0 Å². The Morgan fingerprint density at radius 1 is 1.39 bits per heavy atom. The number of aromatic amines is 1. The fourth-order valence-corrected chi connectivity index (χ4v) is 2.35. The molecule has 0 fully saturated rings. The Balaban J connectivity index is 1.85. The van der Waals surface area contributed by atoms with Crippen LogP contribution in [0.4, 0.5) is 0 Å². The summed E-state index contributed by atoms with van der Waals surface area (Å²) in [5.74, 6) is 1.03. The van der Waals surface area contributed by atoms with E-state index in [1.54, 1.807) is 11.8 Å². The van der Waals surface area contributed by atoms with Crippen LogP contribution in [0.25, 0.3) is 10.9 Å². The largest absolute Gasteiger partial charge is 0.361 e. The molecule has 4 heteroatoms. The molecule has 0 aliphatic carbocycles. The number of carbonyl (C=O) groups excluding carboxylic acids is 1. The number of hydrogen-bond acceptors (Lipinski definition) is 2. The van der Waals surface area contributed by atoms with Gasteiger partial charge in [0.25, 0.3) is 0 Å². The lowest BCUT2D eigenvalue weighted by atomic mass is 10.1. The summed E-state index contributed by atoms with van der Waals surface area (Å²) in [5, 5.41) is 4.20. The summed E-state index contributed by atoms with van der Waals surface area (Å²) in [4.78, 5) is 14.7. The molecule has 18 heavy (non-hydrogen) atoms. The maximum absolute atomic E-state index is 11.5. The molecule has 0 aliphatic heterocycles. The van der Waals surface area contributed by atoms with E-state index >= 15 is 0 Å². The third kappa shape index (κ3) is 3.29. The van der Waals surface area contributed by atoms with Gasteiger partial charge in [-0.25, -0.2) is 0 Å². The van der Waals surface area contributed by atoms with Crippen molar-refractivity contribution in [3.05, 3.63) is 36.0 Å². The molecule has 0 bridgehead atoms. The first-order valence-corrected chi connectivity index (χ1v) is 7.51.